The highest BCUT2D eigenvalue weighted by Crippen LogP contribution is 2.12. The van der Waals surface area contributed by atoms with E-state index in [4.69, 9.17) is 4.74 Å². The van der Waals surface area contributed by atoms with Crippen LogP contribution in [0.3, 0.4) is 0 Å². The first-order chi connectivity index (χ1) is 10.2. The van der Waals surface area contributed by atoms with Crippen LogP contribution < -0.4 is 5.32 Å². The van der Waals surface area contributed by atoms with Gasteiger partial charge in [0.2, 0.25) is 11.8 Å². The Balaban J connectivity index is 1.79. The molecule has 6 nitrogen and oxygen atoms in total. The number of carbonyl (C=O) groups is 2. The standard InChI is InChI=1S/C15H27N3O3/c1-2-7-18(13-5-6-16-12-13)15(20)4-3-14(19)17-8-10-21-11-9-17/h13,16H,2-12H2,1H3. The quantitative estimate of drug-likeness (QED) is 0.762. The number of rotatable bonds is 6. The van der Waals surface area contributed by atoms with Crippen molar-refractivity contribution in [2.75, 3.05) is 45.9 Å². The smallest absolute Gasteiger partial charge is 0.223 e. The molecule has 2 heterocycles. The number of nitrogens with one attached hydrogen (secondary N) is 1. The number of amides is 2. The zero-order chi connectivity index (χ0) is 15.1. The van der Waals surface area contributed by atoms with Crippen molar-refractivity contribution in [3.8, 4) is 0 Å². The first-order valence-corrected chi connectivity index (χ1v) is 8.08. The van der Waals surface area contributed by atoms with Gasteiger partial charge in [-0.15, -0.1) is 0 Å². The molecule has 0 aliphatic carbocycles. The minimum atomic E-state index is 0.0765. The van der Waals surface area contributed by atoms with Gasteiger partial charge in [0.25, 0.3) is 0 Å². The average molecular weight is 297 g/mol. The highest BCUT2D eigenvalue weighted by Gasteiger charge is 2.26. The van der Waals surface area contributed by atoms with Crippen LogP contribution in [0.25, 0.3) is 0 Å². The minimum absolute atomic E-state index is 0.0765. The summed E-state index contributed by atoms with van der Waals surface area (Å²) in [5.74, 6) is 0.194. The van der Waals surface area contributed by atoms with Crippen molar-refractivity contribution in [1.29, 1.82) is 0 Å². The number of nitrogens with zero attached hydrogens (tertiary/aromatic N) is 2. The third kappa shape index (κ3) is 4.68. The fourth-order valence-electron chi connectivity index (χ4n) is 2.99. The van der Waals surface area contributed by atoms with Crippen LogP contribution in [-0.2, 0) is 14.3 Å². The number of hydrogen-bond acceptors (Lipinski definition) is 4. The number of carbonyl (C=O) groups excluding carboxylic acids is 2. The summed E-state index contributed by atoms with van der Waals surface area (Å²) < 4.78 is 5.24. The molecule has 6 heteroatoms. The largest absolute Gasteiger partial charge is 0.378 e. The summed E-state index contributed by atoms with van der Waals surface area (Å²) in [7, 11) is 0. The fourth-order valence-corrected chi connectivity index (χ4v) is 2.99. The van der Waals surface area contributed by atoms with Crippen molar-refractivity contribution in [1.82, 2.24) is 15.1 Å². The van der Waals surface area contributed by atoms with Gasteiger partial charge in [0.1, 0.15) is 0 Å². The van der Waals surface area contributed by atoms with E-state index in [1.165, 1.54) is 0 Å². The minimum Gasteiger partial charge on any atom is -0.378 e. The highest BCUT2D eigenvalue weighted by molar-refractivity contribution is 5.84. The lowest BCUT2D eigenvalue weighted by Gasteiger charge is -2.29. The average Bonchev–Trinajstić information content (AvgIpc) is 3.04. The normalized spacial score (nSPS) is 22.3. The highest BCUT2D eigenvalue weighted by atomic mass is 16.5. The van der Waals surface area contributed by atoms with E-state index in [1.54, 1.807) is 4.90 Å². The summed E-state index contributed by atoms with van der Waals surface area (Å²) in [6, 6.07) is 0.302. The Morgan fingerprint density at radius 2 is 2.05 bits per heavy atom. The molecule has 0 spiro atoms. The number of morpholine rings is 1. The monoisotopic (exact) mass is 297 g/mol. The maximum Gasteiger partial charge on any atom is 0.223 e. The summed E-state index contributed by atoms with van der Waals surface area (Å²) in [5.41, 5.74) is 0. The van der Waals surface area contributed by atoms with E-state index in [-0.39, 0.29) is 11.8 Å². The zero-order valence-electron chi connectivity index (χ0n) is 13.0. The van der Waals surface area contributed by atoms with Gasteiger partial charge in [-0.05, 0) is 19.4 Å². The molecule has 0 aromatic heterocycles. The van der Waals surface area contributed by atoms with Crippen molar-refractivity contribution in [3.63, 3.8) is 0 Å². The van der Waals surface area contributed by atoms with E-state index >= 15 is 0 Å². The van der Waals surface area contributed by atoms with Gasteiger partial charge in [-0.3, -0.25) is 9.59 Å². The van der Waals surface area contributed by atoms with Gasteiger partial charge in [0.05, 0.1) is 13.2 Å². The summed E-state index contributed by atoms with van der Waals surface area (Å²) in [4.78, 5) is 28.3. The molecule has 1 atom stereocenters. The first kappa shape index (κ1) is 16.2. The predicted octanol–water partition coefficient (Wildman–Crippen LogP) is 0.226. The molecule has 0 bridgehead atoms. The molecule has 0 radical (unpaired) electrons. The summed E-state index contributed by atoms with van der Waals surface area (Å²) >= 11 is 0. The van der Waals surface area contributed by atoms with Crippen molar-refractivity contribution < 1.29 is 14.3 Å². The van der Waals surface area contributed by atoms with Gasteiger partial charge in [-0.1, -0.05) is 6.92 Å². The Morgan fingerprint density at radius 3 is 2.67 bits per heavy atom. The van der Waals surface area contributed by atoms with Gasteiger partial charge >= 0.3 is 0 Å². The van der Waals surface area contributed by atoms with E-state index in [0.717, 1.165) is 32.5 Å². The second-order valence-electron chi connectivity index (χ2n) is 5.73. The molecule has 1 N–H and O–H groups in total. The molecular weight excluding hydrogens is 270 g/mol. The summed E-state index contributed by atoms with van der Waals surface area (Å²) in [6.07, 6.45) is 2.62. The summed E-state index contributed by atoms with van der Waals surface area (Å²) in [6.45, 7) is 7.24. The molecule has 1 unspecified atom stereocenters. The van der Waals surface area contributed by atoms with Crippen LogP contribution in [0.4, 0.5) is 0 Å². The third-order valence-corrected chi connectivity index (χ3v) is 4.18. The Bertz CT molecular complexity index is 350. The van der Waals surface area contributed by atoms with E-state index < -0.39 is 0 Å². The Labute approximate surface area is 126 Å². The molecule has 0 aromatic carbocycles. The van der Waals surface area contributed by atoms with Gasteiger partial charge in [-0.2, -0.15) is 0 Å². The second-order valence-corrected chi connectivity index (χ2v) is 5.73. The molecule has 0 aromatic rings. The van der Waals surface area contributed by atoms with Crippen molar-refractivity contribution in [2.24, 2.45) is 0 Å². The maximum atomic E-state index is 12.4. The molecule has 21 heavy (non-hydrogen) atoms. The molecule has 0 saturated carbocycles. The molecular formula is C15H27N3O3. The molecule has 2 saturated heterocycles. The molecule has 2 fully saturated rings. The van der Waals surface area contributed by atoms with E-state index in [0.29, 0.717) is 45.2 Å². The topological polar surface area (TPSA) is 61.9 Å². The lowest BCUT2D eigenvalue weighted by molar-refractivity contribution is -0.140. The SMILES string of the molecule is CCCN(C(=O)CCC(=O)N1CCOCC1)C1CCNC1. The fraction of sp³-hybridized carbons (Fsp3) is 0.867. The summed E-state index contributed by atoms with van der Waals surface area (Å²) in [5, 5.41) is 3.30. The van der Waals surface area contributed by atoms with Crippen molar-refractivity contribution in [3.05, 3.63) is 0 Å². The molecule has 120 valence electrons. The van der Waals surface area contributed by atoms with Crippen LogP contribution in [-0.4, -0.2) is 73.6 Å². The number of ether oxygens (including phenoxy) is 1. The second kappa shape index (κ2) is 8.34. The van der Waals surface area contributed by atoms with Gasteiger partial charge in [-0.25, -0.2) is 0 Å². The van der Waals surface area contributed by atoms with E-state index in [2.05, 4.69) is 12.2 Å². The molecule has 2 amide bonds. The molecule has 2 rings (SSSR count). The van der Waals surface area contributed by atoms with Crippen LogP contribution in [0, 0.1) is 0 Å². The molecule has 2 aliphatic rings. The van der Waals surface area contributed by atoms with E-state index in [1.807, 2.05) is 4.90 Å². The Morgan fingerprint density at radius 1 is 1.29 bits per heavy atom. The van der Waals surface area contributed by atoms with Crippen LogP contribution >= 0.6 is 0 Å². The lowest BCUT2D eigenvalue weighted by Crippen LogP contribution is -2.43. The Hall–Kier alpha value is -1.14. The zero-order valence-corrected chi connectivity index (χ0v) is 13.0. The van der Waals surface area contributed by atoms with Gasteiger partial charge in [0, 0.05) is 45.1 Å². The van der Waals surface area contributed by atoms with Crippen molar-refractivity contribution >= 4 is 11.8 Å². The first-order valence-electron chi connectivity index (χ1n) is 8.08. The number of hydrogen-bond donors (Lipinski definition) is 1. The van der Waals surface area contributed by atoms with Crippen LogP contribution in [0.15, 0.2) is 0 Å². The van der Waals surface area contributed by atoms with Crippen LogP contribution in [0.2, 0.25) is 0 Å². The maximum absolute atomic E-state index is 12.4. The van der Waals surface area contributed by atoms with Crippen LogP contribution in [0.1, 0.15) is 32.6 Å². The van der Waals surface area contributed by atoms with Gasteiger partial charge in [0.15, 0.2) is 0 Å². The van der Waals surface area contributed by atoms with Gasteiger partial charge < -0.3 is 19.9 Å². The lowest BCUT2D eigenvalue weighted by atomic mass is 10.1. The Kier molecular flexibility index (Phi) is 6.45. The predicted molar refractivity (Wildman–Crippen MR) is 79.9 cm³/mol. The molecule has 2 aliphatic heterocycles. The van der Waals surface area contributed by atoms with Crippen LogP contribution in [0.5, 0.6) is 0 Å². The van der Waals surface area contributed by atoms with Crippen molar-refractivity contribution in [2.45, 2.75) is 38.6 Å². The third-order valence-electron chi connectivity index (χ3n) is 4.18. The van der Waals surface area contributed by atoms with E-state index in [9.17, 15) is 9.59 Å².